The summed E-state index contributed by atoms with van der Waals surface area (Å²) >= 11 is 0. The van der Waals surface area contributed by atoms with E-state index in [0.29, 0.717) is 11.7 Å². The first kappa shape index (κ1) is 13.3. The fourth-order valence-corrected chi connectivity index (χ4v) is 3.37. The fraction of sp³-hybridized carbons (Fsp3) is 0.588. The van der Waals surface area contributed by atoms with E-state index in [4.69, 9.17) is 0 Å². The highest BCUT2D eigenvalue weighted by Crippen LogP contribution is 2.34. The second-order valence-electron chi connectivity index (χ2n) is 5.80. The van der Waals surface area contributed by atoms with Crippen molar-refractivity contribution >= 4 is 5.78 Å². The molecule has 1 heteroatoms. The fourth-order valence-electron chi connectivity index (χ4n) is 3.37. The average molecular weight is 244 g/mol. The van der Waals surface area contributed by atoms with Crippen molar-refractivity contribution in [2.24, 2.45) is 11.8 Å². The van der Waals surface area contributed by atoms with Crippen LogP contribution < -0.4 is 0 Å². The van der Waals surface area contributed by atoms with Crippen molar-refractivity contribution < 1.29 is 4.79 Å². The largest absolute Gasteiger partial charge is 0.294 e. The molecule has 2 atom stereocenters. The summed E-state index contributed by atoms with van der Waals surface area (Å²) in [5, 5.41) is 0. The van der Waals surface area contributed by atoms with Crippen molar-refractivity contribution in [3.63, 3.8) is 0 Å². The maximum absolute atomic E-state index is 12.7. The molecular weight excluding hydrogens is 220 g/mol. The van der Waals surface area contributed by atoms with Gasteiger partial charge >= 0.3 is 0 Å². The summed E-state index contributed by atoms with van der Waals surface area (Å²) in [4.78, 5) is 12.7. The third-order valence-corrected chi connectivity index (χ3v) is 4.28. The van der Waals surface area contributed by atoms with Crippen LogP contribution in [0.4, 0.5) is 0 Å². The molecule has 0 amide bonds. The van der Waals surface area contributed by atoms with Crippen LogP contribution in [0.25, 0.3) is 0 Å². The van der Waals surface area contributed by atoms with Gasteiger partial charge in [-0.2, -0.15) is 0 Å². The Bertz CT molecular complexity index is 413. The molecule has 0 saturated heterocycles. The normalized spacial score (nSPS) is 23.9. The van der Waals surface area contributed by atoms with Gasteiger partial charge in [0, 0.05) is 11.5 Å². The van der Waals surface area contributed by atoms with E-state index in [2.05, 4.69) is 39.0 Å². The highest BCUT2D eigenvalue weighted by molar-refractivity contribution is 5.98. The van der Waals surface area contributed by atoms with Crippen LogP contribution >= 0.6 is 0 Å². The molecule has 2 unspecified atom stereocenters. The van der Waals surface area contributed by atoms with Gasteiger partial charge in [0.05, 0.1) is 0 Å². The first-order valence-electron chi connectivity index (χ1n) is 7.24. The topological polar surface area (TPSA) is 17.1 Å². The van der Waals surface area contributed by atoms with Gasteiger partial charge in [-0.1, -0.05) is 43.4 Å². The van der Waals surface area contributed by atoms with E-state index < -0.39 is 0 Å². The number of carbonyl (C=O) groups is 1. The summed E-state index contributed by atoms with van der Waals surface area (Å²) in [6.45, 7) is 6.36. The molecule has 0 spiro atoms. The number of aryl methyl sites for hydroxylation is 2. The molecule has 1 aromatic rings. The third kappa shape index (κ3) is 2.82. The first-order chi connectivity index (χ1) is 8.61. The predicted molar refractivity (Wildman–Crippen MR) is 76.0 cm³/mol. The molecule has 1 aliphatic rings. The van der Waals surface area contributed by atoms with E-state index in [-0.39, 0.29) is 5.92 Å². The Morgan fingerprint density at radius 1 is 1.11 bits per heavy atom. The Morgan fingerprint density at radius 2 is 1.72 bits per heavy atom. The quantitative estimate of drug-likeness (QED) is 0.704. The van der Waals surface area contributed by atoms with Crippen molar-refractivity contribution in [3.8, 4) is 0 Å². The lowest BCUT2D eigenvalue weighted by Crippen LogP contribution is -2.27. The van der Waals surface area contributed by atoms with Gasteiger partial charge in [-0.3, -0.25) is 4.79 Å². The van der Waals surface area contributed by atoms with Gasteiger partial charge in [-0.05, 0) is 44.7 Å². The van der Waals surface area contributed by atoms with Gasteiger partial charge in [0.25, 0.3) is 0 Å². The van der Waals surface area contributed by atoms with Gasteiger partial charge in [0.15, 0.2) is 5.78 Å². The number of rotatable bonds is 3. The van der Waals surface area contributed by atoms with Gasteiger partial charge in [0.1, 0.15) is 0 Å². The van der Waals surface area contributed by atoms with E-state index in [1.807, 2.05) is 0 Å². The van der Waals surface area contributed by atoms with E-state index in [1.165, 1.54) is 30.4 Å². The first-order valence-corrected chi connectivity index (χ1v) is 7.24. The van der Waals surface area contributed by atoms with Crippen LogP contribution in [0.3, 0.4) is 0 Å². The highest BCUT2D eigenvalue weighted by Gasteiger charge is 2.30. The van der Waals surface area contributed by atoms with Crippen molar-refractivity contribution in [3.05, 3.63) is 34.9 Å². The lowest BCUT2D eigenvalue weighted by molar-refractivity contribution is 0.0820. The molecule has 1 aromatic carbocycles. The zero-order valence-corrected chi connectivity index (χ0v) is 11.8. The number of ketones is 1. The summed E-state index contributed by atoms with van der Waals surface area (Å²) in [7, 11) is 0. The minimum atomic E-state index is 0.268. The molecule has 0 radical (unpaired) electrons. The Hall–Kier alpha value is -1.11. The summed E-state index contributed by atoms with van der Waals surface area (Å²) in [5.74, 6) is 1.25. The Kier molecular flexibility index (Phi) is 4.21. The maximum atomic E-state index is 12.7. The molecule has 1 nitrogen and oxygen atoms in total. The lowest BCUT2D eigenvalue weighted by atomic mass is 9.74. The van der Waals surface area contributed by atoms with Gasteiger partial charge in [-0.25, -0.2) is 0 Å². The molecule has 2 rings (SSSR count). The lowest BCUT2D eigenvalue weighted by Gasteiger charge is -2.29. The highest BCUT2D eigenvalue weighted by atomic mass is 16.1. The number of carbonyl (C=O) groups excluding carboxylic acids is 1. The van der Waals surface area contributed by atoms with Crippen LogP contribution in [0.2, 0.25) is 0 Å². The van der Waals surface area contributed by atoms with Gasteiger partial charge < -0.3 is 0 Å². The van der Waals surface area contributed by atoms with Crippen LogP contribution in [-0.2, 0) is 0 Å². The summed E-state index contributed by atoms with van der Waals surface area (Å²) in [6, 6.07) is 6.24. The maximum Gasteiger partial charge on any atom is 0.166 e. The van der Waals surface area contributed by atoms with Crippen LogP contribution in [0, 0.1) is 25.7 Å². The molecule has 98 valence electrons. The number of benzene rings is 1. The van der Waals surface area contributed by atoms with Crippen molar-refractivity contribution in [1.82, 2.24) is 0 Å². The minimum absolute atomic E-state index is 0.268. The van der Waals surface area contributed by atoms with E-state index in [9.17, 15) is 4.79 Å². The summed E-state index contributed by atoms with van der Waals surface area (Å²) in [5.41, 5.74) is 3.32. The minimum Gasteiger partial charge on any atom is -0.294 e. The molecule has 0 aliphatic heterocycles. The van der Waals surface area contributed by atoms with Gasteiger partial charge in [-0.15, -0.1) is 0 Å². The van der Waals surface area contributed by atoms with E-state index in [1.54, 1.807) is 0 Å². The Balaban J connectivity index is 2.23. The molecule has 1 aliphatic carbocycles. The van der Waals surface area contributed by atoms with E-state index in [0.717, 1.165) is 18.4 Å². The molecule has 1 saturated carbocycles. The third-order valence-electron chi connectivity index (χ3n) is 4.28. The van der Waals surface area contributed by atoms with Crippen LogP contribution in [0.5, 0.6) is 0 Å². The molecule has 0 aromatic heterocycles. The second-order valence-corrected chi connectivity index (χ2v) is 5.80. The standard InChI is InChI=1S/C17H24O/c1-4-14-7-5-6-8-16(14)17(18)15-10-12(2)9-13(3)11-15/h9-11,14,16H,4-8H2,1-3H3. The number of Topliss-reactive ketones (excluding diaryl/α,β-unsaturated/α-hetero) is 1. The van der Waals surface area contributed by atoms with Crippen molar-refractivity contribution in [1.29, 1.82) is 0 Å². The molecule has 0 bridgehead atoms. The van der Waals surface area contributed by atoms with Crippen molar-refractivity contribution in [2.75, 3.05) is 0 Å². The molecule has 18 heavy (non-hydrogen) atoms. The Labute approximate surface area is 111 Å². The molecule has 0 N–H and O–H groups in total. The summed E-state index contributed by atoms with van der Waals surface area (Å²) < 4.78 is 0. The zero-order valence-electron chi connectivity index (χ0n) is 11.8. The number of hydrogen-bond acceptors (Lipinski definition) is 1. The average Bonchev–Trinajstić information content (AvgIpc) is 2.36. The molecular formula is C17H24O. The predicted octanol–water partition coefficient (Wildman–Crippen LogP) is 4.70. The molecule has 1 fully saturated rings. The second kappa shape index (κ2) is 5.69. The number of hydrogen-bond donors (Lipinski definition) is 0. The van der Waals surface area contributed by atoms with Crippen molar-refractivity contribution in [2.45, 2.75) is 52.9 Å². The van der Waals surface area contributed by atoms with Crippen LogP contribution in [-0.4, -0.2) is 5.78 Å². The monoisotopic (exact) mass is 244 g/mol. The van der Waals surface area contributed by atoms with Gasteiger partial charge in [0.2, 0.25) is 0 Å². The SMILES string of the molecule is CCC1CCCCC1C(=O)c1cc(C)cc(C)c1. The van der Waals surface area contributed by atoms with Crippen LogP contribution in [0.15, 0.2) is 18.2 Å². The van der Waals surface area contributed by atoms with Crippen LogP contribution in [0.1, 0.15) is 60.5 Å². The summed E-state index contributed by atoms with van der Waals surface area (Å²) in [6.07, 6.45) is 5.98. The Morgan fingerprint density at radius 3 is 2.33 bits per heavy atom. The smallest absolute Gasteiger partial charge is 0.166 e. The van der Waals surface area contributed by atoms with E-state index >= 15 is 0 Å². The zero-order chi connectivity index (χ0) is 13.1. The molecule has 0 heterocycles.